The van der Waals surface area contributed by atoms with Crippen molar-refractivity contribution >= 4 is 22.6 Å². The van der Waals surface area contributed by atoms with Gasteiger partial charge in [-0.15, -0.1) is 0 Å². The number of carbonyl (C=O) groups is 1. The van der Waals surface area contributed by atoms with E-state index < -0.39 is 29.1 Å². The minimum absolute atomic E-state index is 0.171. The highest BCUT2D eigenvalue weighted by atomic mass is 19.4. The molecule has 3 N–H and O–H groups in total. The smallest absolute Gasteiger partial charge is 0.383 e. The largest absolute Gasteiger partial charge is 0.416 e. The van der Waals surface area contributed by atoms with Crippen LogP contribution in [0.15, 0.2) is 36.4 Å². The summed E-state index contributed by atoms with van der Waals surface area (Å²) >= 11 is 0. The first-order chi connectivity index (χ1) is 15.1. The molecule has 0 spiro atoms. The Morgan fingerprint density at radius 1 is 1.12 bits per heavy atom. The van der Waals surface area contributed by atoms with E-state index >= 15 is 0 Å². The molecule has 0 atom stereocenters. The number of alkyl halides is 3. The molecular weight excluding hydrogens is 430 g/mol. The summed E-state index contributed by atoms with van der Waals surface area (Å²) in [6, 6.07) is 6.66. The highest BCUT2D eigenvalue weighted by Gasteiger charge is 2.46. The van der Waals surface area contributed by atoms with Crippen LogP contribution in [0.2, 0.25) is 0 Å². The molecule has 2 aromatic carbocycles. The normalized spacial score (nSPS) is 17.3. The van der Waals surface area contributed by atoms with Crippen molar-refractivity contribution in [2.45, 2.75) is 25.0 Å². The summed E-state index contributed by atoms with van der Waals surface area (Å²) < 4.78 is 58.4. The van der Waals surface area contributed by atoms with E-state index in [0.29, 0.717) is 16.5 Å². The van der Waals surface area contributed by atoms with Crippen molar-refractivity contribution in [2.75, 3.05) is 18.8 Å². The lowest BCUT2D eigenvalue weighted by Gasteiger charge is -2.46. The SMILES string of the molecule is Nc1nc2cc(F)c(C(=O)N3CC(O)(c4ccc(C(F)(F)F)cc4)C3)cc2c2c1COC2. The molecular formula is C22H17F4N3O3. The van der Waals surface area contributed by atoms with E-state index in [9.17, 15) is 27.5 Å². The van der Waals surface area contributed by atoms with E-state index in [1.807, 2.05) is 0 Å². The number of aromatic nitrogens is 1. The fourth-order valence-corrected chi connectivity index (χ4v) is 4.21. The van der Waals surface area contributed by atoms with Crippen molar-refractivity contribution in [3.63, 3.8) is 0 Å². The first-order valence-corrected chi connectivity index (χ1v) is 9.74. The first-order valence-electron chi connectivity index (χ1n) is 9.74. The summed E-state index contributed by atoms with van der Waals surface area (Å²) in [5, 5.41) is 11.3. The van der Waals surface area contributed by atoms with Gasteiger partial charge in [-0.05, 0) is 29.3 Å². The lowest BCUT2D eigenvalue weighted by atomic mass is 9.85. The predicted molar refractivity (Wildman–Crippen MR) is 106 cm³/mol. The van der Waals surface area contributed by atoms with Crippen molar-refractivity contribution in [1.29, 1.82) is 0 Å². The number of fused-ring (bicyclic) bond motifs is 3. The van der Waals surface area contributed by atoms with E-state index in [-0.39, 0.29) is 43.2 Å². The van der Waals surface area contributed by atoms with E-state index in [0.717, 1.165) is 23.8 Å². The zero-order valence-electron chi connectivity index (χ0n) is 16.5. The standard InChI is InChI=1S/C22H17F4N3O3/c23-17-6-18-13(15-7-32-8-16(15)19(27)28-18)5-14(17)20(30)29-9-21(31,10-29)11-1-3-12(4-2-11)22(24,25)26/h1-6,31H,7-10H2,(H2,27,28). The number of aliphatic hydroxyl groups is 1. The monoisotopic (exact) mass is 447 g/mol. The van der Waals surface area contributed by atoms with Crippen molar-refractivity contribution < 1.29 is 32.2 Å². The van der Waals surface area contributed by atoms with Gasteiger partial charge in [0.25, 0.3) is 5.91 Å². The van der Waals surface area contributed by atoms with Gasteiger partial charge in [0, 0.05) is 17.0 Å². The van der Waals surface area contributed by atoms with Gasteiger partial charge < -0.3 is 20.5 Å². The van der Waals surface area contributed by atoms with Gasteiger partial charge in [-0.2, -0.15) is 13.2 Å². The van der Waals surface area contributed by atoms with Crippen LogP contribution in [0.25, 0.3) is 10.9 Å². The highest BCUT2D eigenvalue weighted by Crippen LogP contribution is 2.37. The minimum atomic E-state index is -4.49. The summed E-state index contributed by atoms with van der Waals surface area (Å²) in [6.07, 6.45) is -4.49. The number of benzene rings is 2. The Balaban J connectivity index is 1.40. The second kappa shape index (κ2) is 6.88. The molecule has 0 aliphatic carbocycles. The number of halogens is 4. The van der Waals surface area contributed by atoms with Crippen LogP contribution in [0, 0.1) is 5.82 Å². The molecule has 5 rings (SSSR count). The molecule has 1 amide bonds. The van der Waals surface area contributed by atoms with Gasteiger partial charge in [-0.3, -0.25) is 4.79 Å². The van der Waals surface area contributed by atoms with Crippen LogP contribution in [-0.2, 0) is 29.7 Å². The number of β-amino-alcohol motifs (C(OH)–C–C–N with tert-alkyl or cyclic N) is 1. The number of likely N-dealkylation sites (tertiary alicyclic amines) is 1. The lowest BCUT2D eigenvalue weighted by molar-refractivity contribution is -0.137. The number of hydrogen-bond donors (Lipinski definition) is 2. The average Bonchev–Trinajstić information content (AvgIpc) is 3.21. The second-order valence-corrected chi connectivity index (χ2v) is 8.06. The fourth-order valence-electron chi connectivity index (χ4n) is 4.21. The van der Waals surface area contributed by atoms with Crippen LogP contribution >= 0.6 is 0 Å². The summed E-state index contributed by atoms with van der Waals surface area (Å²) in [5.41, 5.74) is 5.41. The molecule has 1 aromatic heterocycles. The molecule has 2 aliphatic rings. The van der Waals surface area contributed by atoms with Gasteiger partial charge in [-0.1, -0.05) is 12.1 Å². The number of hydrogen-bond acceptors (Lipinski definition) is 5. The summed E-state index contributed by atoms with van der Waals surface area (Å²) in [6.45, 7) is 0.220. The Labute approximate surface area is 179 Å². The first kappa shape index (κ1) is 20.7. The maximum absolute atomic E-state index is 14.7. The highest BCUT2D eigenvalue weighted by molar-refractivity contribution is 6.00. The predicted octanol–water partition coefficient (Wildman–Crippen LogP) is 3.35. The summed E-state index contributed by atoms with van der Waals surface area (Å²) in [4.78, 5) is 18.3. The molecule has 32 heavy (non-hydrogen) atoms. The lowest BCUT2D eigenvalue weighted by Crippen LogP contribution is -2.61. The molecule has 3 aromatic rings. The van der Waals surface area contributed by atoms with Gasteiger partial charge in [0.15, 0.2) is 0 Å². The molecule has 1 saturated heterocycles. The maximum atomic E-state index is 14.7. The van der Waals surface area contributed by atoms with Gasteiger partial charge in [0.05, 0.1) is 42.9 Å². The fraction of sp³-hybridized carbons (Fsp3) is 0.273. The number of nitrogens with two attached hydrogens (primary N) is 1. The van der Waals surface area contributed by atoms with Gasteiger partial charge in [-0.25, -0.2) is 9.37 Å². The van der Waals surface area contributed by atoms with Crippen LogP contribution in [0.5, 0.6) is 0 Å². The Kier molecular flexibility index (Phi) is 4.44. The number of amides is 1. The third-order valence-corrected chi connectivity index (χ3v) is 5.99. The maximum Gasteiger partial charge on any atom is 0.416 e. The molecule has 0 radical (unpaired) electrons. The number of anilines is 1. The molecule has 10 heteroatoms. The zero-order chi connectivity index (χ0) is 22.8. The summed E-state index contributed by atoms with van der Waals surface area (Å²) in [7, 11) is 0. The topological polar surface area (TPSA) is 88.7 Å². The minimum Gasteiger partial charge on any atom is -0.383 e. The molecule has 0 bridgehead atoms. The number of nitrogens with zero attached hydrogens (tertiary/aromatic N) is 2. The molecule has 166 valence electrons. The molecule has 0 unspecified atom stereocenters. The molecule has 3 heterocycles. The number of ether oxygens (including phenoxy) is 1. The third kappa shape index (κ3) is 3.18. The average molecular weight is 447 g/mol. The van der Waals surface area contributed by atoms with Crippen molar-refractivity contribution in [3.05, 3.63) is 70.0 Å². The Morgan fingerprint density at radius 2 is 1.78 bits per heavy atom. The molecule has 0 saturated carbocycles. The molecule has 6 nitrogen and oxygen atoms in total. The van der Waals surface area contributed by atoms with Gasteiger partial charge in [0.2, 0.25) is 0 Å². The molecule has 1 fully saturated rings. The van der Waals surface area contributed by atoms with E-state index in [4.69, 9.17) is 10.5 Å². The second-order valence-electron chi connectivity index (χ2n) is 8.06. The summed E-state index contributed by atoms with van der Waals surface area (Å²) in [5.74, 6) is -1.16. The van der Waals surface area contributed by atoms with Crippen molar-refractivity contribution in [2.24, 2.45) is 0 Å². The number of pyridine rings is 1. The van der Waals surface area contributed by atoms with Crippen LogP contribution in [-0.4, -0.2) is 34.0 Å². The van der Waals surface area contributed by atoms with E-state index in [1.54, 1.807) is 0 Å². The van der Waals surface area contributed by atoms with Crippen LogP contribution in [0.3, 0.4) is 0 Å². The third-order valence-electron chi connectivity index (χ3n) is 5.99. The molecule has 2 aliphatic heterocycles. The number of nitrogen functional groups attached to an aromatic ring is 1. The number of rotatable bonds is 2. The Morgan fingerprint density at radius 3 is 2.44 bits per heavy atom. The number of carbonyl (C=O) groups excluding carboxylic acids is 1. The Bertz CT molecular complexity index is 1250. The van der Waals surface area contributed by atoms with Gasteiger partial charge in [0.1, 0.15) is 17.2 Å². The van der Waals surface area contributed by atoms with E-state index in [2.05, 4.69) is 4.98 Å². The van der Waals surface area contributed by atoms with Gasteiger partial charge >= 0.3 is 6.18 Å². The van der Waals surface area contributed by atoms with Crippen LogP contribution < -0.4 is 5.73 Å². The van der Waals surface area contributed by atoms with Crippen molar-refractivity contribution in [3.8, 4) is 0 Å². The quantitative estimate of drug-likeness (QED) is 0.589. The Hall–Kier alpha value is -3.24. The van der Waals surface area contributed by atoms with Crippen LogP contribution in [0.4, 0.5) is 23.4 Å². The zero-order valence-corrected chi connectivity index (χ0v) is 16.5. The van der Waals surface area contributed by atoms with Crippen LogP contribution in [0.1, 0.15) is 32.6 Å². The van der Waals surface area contributed by atoms with E-state index in [1.165, 1.54) is 23.1 Å². The van der Waals surface area contributed by atoms with Crippen molar-refractivity contribution in [1.82, 2.24) is 9.88 Å².